The number of carboxylic acid groups (broad SMARTS) is 1. The quantitative estimate of drug-likeness (QED) is 0.871. The van der Waals surface area contributed by atoms with E-state index in [1.165, 1.54) is 17.2 Å². The lowest BCUT2D eigenvalue weighted by Crippen LogP contribution is -2.11. The number of pyridine rings is 1. The number of hydrogen-bond donors (Lipinski definition) is 1. The third kappa shape index (κ3) is 3.92. The van der Waals surface area contributed by atoms with Gasteiger partial charge in [-0.25, -0.2) is 9.78 Å². The predicted molar refractivity (Wildman–Crippen MR) is 84.9 cm³/mol. The fraction of sp³-hybridized carbons (Fsp3) is 0.176. The van der Waals surface area contributed by atoms with Crippen LogP contribution in [0, 0.1) is 13.8 Å². The topological polar surface area (TPSA) is 53.4 Å². The first kappa shape index (κ1) is 14.8. The van der Waals surface area contributed by atoms with Crippen molar-refractivity contribution in [3.8, 4) is 0 Å². The number of nitrogens with zero attached hydrogens (tertiary/aromatic N) is 2. The highest BCUT2D eigenvalue weighted by Gasteiger charge is 2.06. The van der Waals surface area contributed by atoms with Crippen molar-refractivity contribution >= 4 is 23.6 Å². The third-order valence-corrected chi connectivity index (χ3v) is 3.13. The summed E-state index contributed by atoms with van der Waals surface area (Å²) in [6.07, 6.45) is 4.29. The number of aryl methyl sites for hydroxylation is 2. The fourth-order valence-electron chi connectivity index (χ4n) is 2.14. The van der Waals surface area contributed by atoms with Crippen LogP contribution in [0.15, 0.2) is 42.6 Å². The van der Waals surface area contributed by atoms with Crippen molar-refractivity contribution in [3.63, 3.8) is 0 Å². The number of rotatable bonds is 4. The van der Waals surface area contributed by atoms with Crippen LogP contribution in [0.5, 0.6) is 0 Å². The van der Waals surface area contributed by atoms with Gasteiger partial charge in [-0.15, -0.1) is 0 Å². The van der Waals surface area contributed by atoms with Crippen molar-refractivity contribution in [2.45, 2.75) is 13.8 Å². The van der Waals surface area contributed by atoms with Crippen LogP contribution in [0.3, 0.4) is 0 Å². The number of benzene rings is 1. The maximum absolute atomic E-state index is 10.5. The molecule has 1 aromatic heterocycles. The summed E-state index contributed by atoms with van der Waals surface area (Å²) in [7, 11) is 1.96. The van der Waals surface area contributed by atoms with E-state index in [4.69, 9.17) is 5.11 Å². The maximum Gasteiger partial charge on any atom is 0.328 e. The van der Waals surface area contributed by atoms with Crippen LogP contribution in [-0.2, 0) is 4.79 Å². The Labute approximate surface area is 124 Å². The van der Waals surface area contributed by atoms with Crippen LogP contribution < -0.4 is 4.90 Å². The summed E-state index contributed by atoms with van der Waals surface area (Å²) in [5.74, 6) is -0.154. The Morgan fingerprint density at radius 3 is 2.38 bits per heavy atom. The van der Waals surface area contributed by atoms with Crippen molar-refractivity contribution in [1.82, 2.24) is 4.98 Å². The van der Waals surface area contributed by atoms with Gasteiger partial charge in [-0.3, -0.25) is 0 Å². The minimum atomic E-state index is -0.966. The molecule has 0 saturated carbocycles. The van der Waals surface area contributed by atoms with Gasteiger partial charge in [0.1, 0.15) is 5.82 Å². The van der Waals surface area contributed by atoms with Gasteiger partial charge in [-0.1, -0.05) is 6.07 Å². The van der Waals surface area contributed by atoms with E-state index in [1.54, 1.807) is 6.20 Å². The molecular weight excluding hydrogens is 264 g/mol. The Hall–Kier alpha value is -2.62. The second-order valence-corrected chi connectivity index (χ2v) is 5.03. The van der Waals surface area contributed by atoms with Crippen molar-refractivity contribution in [2.75, 3.05) is 11.9 Å². The van der Waals surface area contributed by atoms with Crippen molar-refractivity contribution in [2.24, 2.45) is 0 Å². The summed E-state index contributed by atoms with van der Waals surface area (Å²) in [4.78, 5) is 16.9. The summed E-state index contributed by atoms with van der Waals surface area (Å²) in [6, 6.07) is 10.1. The predicted octanol–water partition coefficient (Wildman–Crippen LogP) is 3.56. The number of anilines is 2. The third-order valence-electron chi connectivity index (χ3n) is 3.13. The molecule has 0 aliphatic heterocycles. The van der Waals surface area contributed by atoms with Crippen LogP contribution >= 0.6 is 0 Å². The molecule has 0 saturated heterocycles. The Morgan fingerprint density at radius 2 is 1.86 bits per heavy atom. The second-order valence-electron chi connectivity index (χ2n) is 5.03. The lowest BCUT2D eigenvalue weighted by Gasteiger charge is -2.19. The molecule has 108 valence electrons. The zero-order valence-electron chi connectivity index (χ0n) is 12.4. The molecule has 0 fully saturated rings. The van der Waals surface area contributed by atoms with E-state index in [0.717, 1.165) is 23.1 Å². The molecule has 0 atom stereocenters. The largest absolute Gasteiger partial charge is 0.478 e. The molecule has 21 heavy (non-hydrogen) atoms. The van der Waals surface area contributed by atoms with E-state index in [1.807, 2.05) is 24.1 Å². The molecule has 2 aromatic rings. The summed E-state index contributed by atoms with van der Waals surface area (Å²) in [5, 5.41) is 8.60. The average molecular weight is 282 g/mol. The number of carbonyl (C=O) groups is 1. The molecular formula is C17H18N2O2. The minimum Gasteiger partial charge on any atom is -0.478 e. The molecule has 0 radical (unpaired) electrons. The van der Waals surface area contributed by atoms with Crippen LogP contribution in [0.1, 0.15) is 16.7 Å². The molecule has 1 aromatic carbocycles. The molecule has 4 nitrogen and oxygen atoms in total. The first-order valence-electron chi connectivity index (χ1n) is 6.65. The molecule has 0 amide bonds. The Morgan fingerprint density at radius 1 is 1.19 bits per heavy atom. The number of aromatic nitrogens is 1. The molecule has 0 unspecified atom stereocenters. The first-order chi connectivity index (χ1) is 9.95. The highest BCUT2D eigenvalue weighted by atomic mass is 16.4. The van der Waals surface area contributed by atoms with Crippen molar-refractivity contribution in [1.29, 1.82) is 0 Å². The minimum absolute atomic E-state index is 0.759. The van der Waals surface area contributed by atoms with Gasteiger partial charge in [-0.2, -0.15) is 0 Å². The normalized spacial score (nSPS) is 10.8. The van der Waals surface area contributed by atoms with Gasteiger partial charge in [0, 0.05) is 25.0 Å². The Bertz CT molecular complexity index is 655. The van der Waals surface area contributed by atoms with Crippen molar-refractivity contribution in [3.05, 3.63) is 59.3 Å². The second kappa shape index (κ2) is 6.22. The highest BCUT2D eigenvalue weighted by molar-refractivity contribution is 5.85. The lowest BCUT2D eigenvalue weighted by atomic mass is 10.1. The molecule has 0 aliphatic rings. The van der Waals surface area contributed by atoms with Gasteiger partial charge in [0.2, 0.25) is 0 Å². The standard InChI is InChI=1S/C17H18N2O2/c1-12-8-13(2)10-15(9-12)19(3)16-6-4-14(11-18-16)5-7-17(20)21/h4-11H,1-3H3,(H,20,21)/b7-5+. The number of carboxylic acids is 1. The highest BCUT2D eigenvalue weighted by Crippen LogP contribution is 2.24. The summed E-state index contributed by atoms with van der Waals surface area (Å²) in [5.41, 5.74) is 4.25. The lowest BCUT2D eigenvalue weighted by molar-refractivity contribution is -0.131. The van der Waals surface area contributed by atoms with Gasteiger partial charge < -0.3 is 10.0 Å². The van der Waals surface area contributed by atoms with Gasteiger partial charge in [0.15, 0.2) is 0 Å². The molecule has 0 bridgehead atoms. The van der Waals surface area contributed by atoms with Crippen LogP contribution in [0.2, 0.25) is 0 Å². The first-order valence-corrected chi connectivity index (χ1v) is 6.65. The fourth-order valence-corrected chi connectivity index (χ4v) is 2.14. The molecule has 4 heteroatoms. The van der Waals surface area contributed by atoms with E-state index in [9.17, 15) is 4.79 Å². The van der Waals surface area contributed by atoms with Gasteiger partial charge in [0.05, 0.1) is 0 Å². The summed E-state index contributed by atoms with van der Waals surface area (Å²) >= 11 is 0. The molecule has 2 rings (SSSR count). The number of hydrogen-bond acceptors (Lipinski definition) is 3. The maximum atomic E-state index is 10.5. The molecule has 0 spiro atoms. The van der Waals surface area contributed by atoms with Crippen LogP contribution in [0.25, 0.3) is 6.08 Å². The SMILES string of the molecule is Cc1cc(C)cc(N(C)c2ccc(/C=C/C(=O)O)cn2)c1. The van der Waals surface area contributed by atoms with Gasteiger partial charge >= 0.3 is 5.97 Å². The Kier molecular flexibility index (Phi) is 4.38. The average Bonchev–Trinajstić information content (AvgIpc) is 2.44. The van der Waals surface area contributed by atoms with Crippen LogP contribution in [0.4, 0.5) is 11.5 Å². The van der Waals surface area contributed by atoms with Crippen molar-refractivity contribution < 1.29 is 9.90 Å². The van der Waals surface area contributed by atoms with E-state index in [0.29, 0.717) is 0 Å². The zero-order valence-corrected chi connectivity index (χ0v) is 12.4. The van der Waals surface area contributed by atoms with Crippen LogP contribution in [-0.4, -0.2) is 23.1 Å². The van der Waals surface area contributed by atoms with E-state index >= 15 is 0 Å². The molecule has 1 heterocycles. The number of aliphatic carboxylic acids is 1. The zero-order chi connectivity index (χ0) is 15.4. The molecule has 0 aliphatic carbocycles. The summed E-state index contributed by atoms with van der Waals surface area (Å²) < 4.78 is 0. The molecule has 1 N–H and O–H groups in total. The van der Waals surface area contributed by atoms with E-state index < -0.39 is 5.97 Å². The van der Waals surface area contributed by atoms with Gasteiger partial charge in [0.25, 0.3) is 0 Å². The monoisotopic (exact) mass is 282 g/mol. The van der Waals surface area contributed by atoms with E-state index in [2.05, 4.69) is 37.0 Å². The van der Waals surface area contributed by atoms with E-state index in [-0.39, 0.29) is 0 Å². The Balaban J connectivity index is 2.23. The smallest absolute Gasteiger partial charge is 0.328 e. The summed E-state index contributed by atoms with van der Waals surface area (Å²) in [6.45, 7) is 4.13. The van der Waals surface area contributed by atoms with Gasteiger partial charge in [-0.05, 0) is 60.9 Å².